The Bertz CT molecular complexity index is 592. The van der Waals surface area contributed by atoms with E-state index in [4.69, 9.17) is 0 Å². The van der Waals surface area contributed by atoms with Crippen LogP contribution in [-0.2, 0) is 11.3 Å². The molecule has 1 unspecified atom stereocenters. The summed E-state index contributed by atoms with van der Waals surface area (Å²) in [5, 5.41) is 12.6. The number of rotatable bonds is 6. The van der Waals surface area contributed by atoms with Gasteiger partial charge >= 0.3 is 5.97 Å². The Morgan fingerprint density at radius 2 is 2.20 bits per heavy atom. The monoisotopic (exact) mass is 273 g/mol. The topological polar surface area (TPSA) is 67.2 Å². The third kappa shape index (κ3) is 2.99. The minimum Gasteiger partial charge on any atom is -0.479 e. The maximum Gasteiger partial charge on any atom is 0.332 e. The molecule has 5 heteroatoms. The van der Waals surface area contributed by atoms with Crippen LogP contribution in [0.4, 0.5) is 5.69 Å². The van der Waals surface area contributed by atoms with Crippen molar-refractivity contribution in [2.75, 3.05) is 5.32 Å². The number of carbonyl (C=O) groups is 1. The number of nitrogens with zero attached hydrogens (tertiary/aromatic N) is 2. The van der Waals surface area contributed by atoms with E-state index in [9.17, 15) is 9.90 Å². The van der Waals surface area contributed by atoms with E-state index in [1.54, 1.807) is 12.5 Å². The van der Waals surface area contributed by atoms with Crippen LogP contribution in [0.1, 0.15) is 30.6 Å². The zero-order chi connectivity index (χ0) is 14.5. The predicted molar refractivity (Wildman–Crippen MR) is 77.7 cm³/mol. The molecular weight excluding hydrogens is 254 g/mol. The van der Waals surface area contributed by atoms with Crippen molar-refractivity contribution in [1.29, 1.82) is 0 Å². The molecule has 0 aliphatic carbocycles. The SMILES string of the molecule is CCCn1cncc1C(Nc1ccccc1C)C(=O)O. The molecule has 0 spiro atoms. The zero-order valence-electron chi connectivity index (χ0n) is 11.7. The number of carboxylic acid groups (broad SMARTS) is 1. The van der Waals surface area contributed by atoms with Crippen molar-refractivity contribution in [3.05, 3.63) is 48.0 Å². The smallest absolute Gasteiger partial charge is 0.332 e. The summed E-state index contributed by atoms with van der Waals surface area (Å²) in [5.41, 5.74) is 2.51. The molecule has 0 radical (unpaired) electrons. The highest BCUT2D eigenvalue weighted by Crippen LogP contribution is 2.22. The first-order chi connectivity index (χ1) is 9.63. The van der Waals surface area contributed by atoms with E-state index >= 15 is 0 Å². The lowest BCUT2D eigenvalue weighted by Gasteiger charge is -2.18. The summed E-state index contributed by atoms with van der Waals surface area (Å²) in [6.45, 7) is 4.76. The molecular formula is C15H19N3O2. The minimum absolute atomic E-state index is 0.669. The van der Waals surface area contributed by atoms with Crippen molar-refractivity contribution in [1.82, 2.24) is 9.55 Å². The molecule has 0 aliphatic rings. The first kappa shape index (κ1) is 14.1. The molecule has 5 nitrogen and oxygen atoms in total. The number of aryl methyl sites for hydroxylation is 2. The predicted octanol–water partition coefficient (Wildman–Crippen LogP) is 2.84. The first-order valence-corrected chi connectivity index (χ1v) is 6.68. The van der Waals surface area contributed by atoms with Crippen molar-refractivity contribution in [3.8, 4) is 0 Å². The van der Waals surface area contributed by atoms with Gasteiger partial charge in [0.05, 0.1) is 18.2 Å². The van der Waals surface area contributed by atoms with E-state index in [0.717, 1.165) is 24.2 Å². The molecule has 1 atom stereocenters. The third-order valence-electron chi connectivity index (χ3n) is 3.20. The van der Waals surface area contributed by atoms with Gasteiger partial charge in [-0.05, 0) is 25.0 Å². The third-order valence-corrected chi connectivity index (χ3v) is 3.20. The second kappa shape index (κ2) is 6.23. The number of nitrogens with one attached hydrogen (secondary N) is 1. The summed E-state index contributed by atoms with van der Waals surface area (Å²) in [7, 11) is 0. The molecule has 0 amide bonds. The number of aromatic nitrogens is 2. The van der Waals surface area contributed by atoms with E-state index in [1.807, 2.05) is 42.7 Å². The Kier molecular flexibility index (Phi) is 4.40. The summed E-state index contributed by atoms with van der Waals surface area (Å²) in [5.74, 6) is -0.911. The van der Waals surface area contributed by atoms with Gasteiger partial charge in [0.1, 0.15) is 0 Å². The van der Waals surface area contributed by atoms with Gasteiger partial charge in [-0.25, -0.2) is 9.78 Å². The van der Waals surface area contributed by atoms with Crippen LogP contribution < -0.4 is 5.32 Å². The molecule has 1 aromatic heterocycles. The standard InChI is InChI=1S/C15H19N3O2/c1-3-8-18-10-16-9-13(18)14(15(19)20)17-12-7-5-4-6-11(12)2/h4-7,9-10,14,17H,3,8H2,1-2H3,(H,19,20). The van der Waals surface area contributed by atoms with Crippen LogP contribution in [0, 0.1) is 6.92 Å². The molecule has 2 N–H and O–H groups in total. The number of hydrogen-bond donors (Lipinski definition) is 2. The van der Waals surface area contributed by atoms with Crippen LogP contribution in [0.2, 0.25) is 0 Å². The Hall–Kier alpha value is -2.30. The molecule has 0 bridgehead atoms. The quantitative estimate of drug-likeness (QED) is 0.849. The first-order valence-electron chi connectivity index (χ1n) is 6.68. The van der Waals surface area contributed by atoms with Crippen LogP contribution in [-0.4, -0.2) is 20.6 Å². The summed E-state index contributed by atoms with van der Waals surface area (Å²) in [6, 6.07) is 6.84. The second-order valence-electron chi connectivity index (χ2n) is 4.74. The van der Waals surface area contributed by atoms with Gasteiger partial charge in [-0.15, -0.1) is 0 Å². The molecule has 106 valence electrons. The fourth-order valence-electron chi connectivity index (χ4n) is 2.15. The highest BCUT2D eigenvalue weighted by atomic mass is 16.4. The number of anilines is 1. The van der Waals surface area contributed by atoms with Crippen LogP contribution in [0.3, 0.4) is 0 Å². The lowest BCUT2D eigenvalue weighted by Crippen LogP contribution is -2.23. The van der Waals surface area contributed by atoms with Crippen LogP contribution >= 0.6 is 0 Å². The maximum absolute atomic E-state index is 11.6. The highest BCUT2D eigenvalue weighted by molar-refractivity contribution is 5.79. The van der Waals surface area contributed by atoms with E-state index in [2.05, 4.69) is 10.3 Å². The van der Waals surface area contributed by atoms with Crippen molar-refractivity contribution < 1.29 is 9.90 Å². The second-order valence-corrected chi connectivity index (χ2v) is 4.74. The maximum atomic E-state index is 11.6. The number of benzene rings is 1. The Labute approximate surface area is 118 Å². The summed E-state index contributed by atoms with van der Waals surface area (Å²) in [4.78, 5) is 15.6. The fraction of sp³-hybridized carbons (Fsp3) is 0.333. The normalized spacial score (nSPS) is 12.1. The Morgan fingerprint density at radius 3 is 2.85 bits per heavy atom. The summed E-state index contributed by atoms with van der Waals surface area (Å²) in [6.07, 6.45) is 4.22. The number of carboxylic acids is 1. The van der Waals surface area contributed by atoms with E-state index in [1.165, 1.54) is 0 Å². The molecule has 2 rings (SSSR count). The van der Waals surface area contributed by atoms with Gasteiger partial charge in [0.25, 0.3) is 0 Å². The molecule has 20 heavy (non-hydrogen) atoms. The number of aliphatic carboxylic acids is 1. The van der Waals surface area contributed by atoms with Crippen molar-refractivity contribution in [3.63, 3.8) is 0 Å². The van der Waals surface area contributed by atoms with Gasteiger partial charge in [-0.2, -0.15) is 0 Å². The summed E-state index contributed by atoms with van der Waals surface area (Å²) < 4.78 is 1.88. The van der Waals surface area contributed by atoms with Gasteiger partial charge in [-0.1, -0.05) is 25.1 Å². The zero-order valence-corrected chi connectivity index (χ0v) is 11.7. The van der Waals surface area contributed by atoms with Crippen LogP contribution in [0.25, 0.3) is 0 Å². The van der Waals surface area contributed by atoms with Gasteiger partial charge in [0.2, 0.25) is 0 Å². The number of para-hydroxylation sites is 1. The highest BCUT2D eigenvalue weighted by Gasteiger charge is 2.23. The average molecular weight is 273 g/mol. The lowest BCUT2D eigenvalue weighted by atomic mass is 10.1. The van der Waals surface area contributed by atoms with E-state index in [0.29, 0.717) is 5.69 Å². The molecule has 2 aromatic rings. The van der Waals surface area contributed by atoms with Gasteiger partial charge in [0.15, 0.2) is 6.04 Å². The van der Waals surface area contributed by atoms with Crippen LogP contribution in [0.15, 0.2) is 36.8 Å². The fourth-order valence-corrected chi connectivity index (χ4v) is 2.15. The molecule has 0 saturated heterocycles. The van der Waals surface area contributed by atoms with E-state index in [-0.39, 0.29) is 0 Å². The van der Waals surface area contributed by atoms with Crippen molar-refractivity contribution in [2.24, 2.45) is 0 Å². The van der Waals surface area contributed by atoms with Crippen molar-refractivity contribution >= 4 is 11.7 Å². The molecule has 0 fully saturated rings. The molecule has 0 saturated carbocycles. The number of imidazole rings is 1. The van der Waals surface area contributed by atoms with Gasteiger partial charge in [0, 0.05) is 12.2 Å². The van der Waals surface area contributed by atoms with Gasteiger partial charge < -0.3 is 15.0 Å². The molecule has 0 aliphatic heterocycles. The minimum atomic E-state index is -0.911. The lowest BCUT2D eigenvalue weighted by molar-refractivity contribution is -0.138. The molecule has 1 aromatic carbocycles. The molecule has 1 heterocycles. The van der Waals surface area contributed by atoms with E-state index < -0.39 is 12.0 Å². The van der Waals surface area contributed by atoms with Crippen molar-refractivity contribution in [2.45, 2.75) is 32.9 Å². The number of hydrogen-bond acceptors (Lipinski definition) is 3. The largest absolute Gasteiger partial charge is 0.479 e. The Balaban J connectivity index is 2.30. The van der Waals surface area contributed by atoms with Crippen LogP contribution in [0.5, 0.6) is 0 Å². The Morgan fingerprint density at radius 1 is 1.45 bits per heavy atom. The average Bonchev–Trinajstić information content (AvgIpc) is 2.86. The summed E-state index contributed by atoms with van der Waals surface area (Å²) >= 11 is 0. The van der Waals surface area contributed by atoms with Gasteiger partial charge in [-0.3, -0.25) is 0 Å².